The number of methoxy groups -OCH3 is 1. The molecule has 0 N–H and O–H groups in total. The van der Waals surface area contributed by atoms with Gasteiger partial charge in [-0.25, -0.2) is 13.4 Å². The zero-order chi connectivity index (χ0) is 25.4. The summed E-state index contributed by atoms with van der Waals surface area (Å²) in [5.41, 5.74) is 2.45. The van der Waals surface area contributed by atoms with Gasteiger partial charge in [0.15, 0.2) is 0 Å². The van der Waals surface area contributed by atoms with E-state index in [0.29, 0.717) is 48.4 Å². The Labute approximate surface area is 217 Å². The van der Waals surface area contributed by atoms with Crippen LogP contribution in [0.15, 0.2) is 58.2 Å². The van der Waals surface area contributed by atoms with Crippen LogP contribution in [-0.2, 0) is 16.6 Å². The van der Waals surface area contributed by atoms with Crippen molar-refractivity contribution in [3.8, 4) is 16.3 Å². The monoisotopic (exact) mass is 545 g/mol. The van der Waals surface area contributed by atoms with Gasteiger partial charge in [0.05, 0.1) is 12.8 Å². The maximum atomic E-state index is 13.2. The Morgan fingerprint density at radius 1 is 1.08 bits per heavy atom. The van der Waals surface area contributed by atoms with Gasteiger partial charge in [0.25, 0.3) is 5.56 Å². The van der Waals surface area contributed by atoms with E-state index in [1.54, 1.807) is 12.1 Å². The lowest BCUT2D eigenvalue weighted by Crippen LogP contribution is -2.48. The molecule has 0 spiro atoms. The van der Waals surface area contributed by atoms with Crippen molar-refractivity contribution >= 4 is 37.9 Å². The van der Waals surface area contributed by atoms with Crippen LogP contribution >= 0.6 is 22.9 Å². The molecule has 2 aromatic heterocycles. The number of fused-ring (bicyclic) bond motifs is 1. The quantitative estimate of drug-likeness (QED) is 0.367. The Morgan fingerprint density at radius 3 is 2.58 bits per heavy atom. The summed E-state index contributed by atoms with van der Waals surface area (Å²) in [6.07, 6.45) is 0. The van der Waals surface area contributed by atoms with Crippen LogP contribution in [-0.4, -0.2) is 65.5 Å². The Bertz CT molecular complexity index is 1590. The van der Waals surface area contributed by atoms with Gasteiger partial charge in [0.1, 0.15) is 15.7 Å². The summed E-state index contributed by atoms with van der Waals surface area (Å²) in [6, 6.07) is 14.0. The minimum Gasteiger partial charge on any atom is -0.495 e. The maximum absolute atomic E-state index is 13.2. The molecule has 0 amide bonds. The van der Waals surface area contributed by atoms with Gasteiger partial charge < -0.3 is 4.74 Å². The molecule has 1 aliphatic rings. The molecule has 0 saturated carbocycles. The number of rotatable bonds is 6. The van der Waals surface area contributed by atoms with Gasteiger partial charge in [0.2, 0.25) is 15.0 Å². The summed E-state index contributed by atoms with van der Waals surface area (Å²) in [5.74, 6) is 0.259. The maximum Gasteiger partial charge on any atom is 0.275 e. The molecule has 12 heteroatoms. The van der Waals surface area contributed by atoms with E-state index in [4.69, 9.17) is 16.3 Å². The van der Waals surface area contributed by atoms with Gasteiger partial charge in [-0.2, -0.15) is 13.9 Å². The van der Waals surface area contributed by atoms with E-state index in [2.05, 4.69) is 15.0 Å². The van der Waals surface area contributed by atoms with Crippen molar-refractivity contribution in [2.45, 2.75) is 18.4 Å². The molecule has 9 nitrogen and oxygen atoms in total. The zero-order valence-electron chi connectivity index (χ0n) is 19.7. The molecule has 4 aromatic rings. The van der Waals surface area contributed by atoms with Gasteiger partial charge in [-0.05, 0) is 31.2 Å². The minimum absolute atomic E-state index is 0.0562. The van der Waals surface area contributed by atoms with Crippen molar-refractivity contribution in [3.05, 3.63) is 75.2 Å². The summed E-state index contributed by atoms with van der Waals surface area (Å²) in [4.78, 5) is 20.1. The van der Waals surface area contributed by atoms with Gasteiger partial charge in [-0.3, -0.25) is 9.69 Å². The molecule has 5 rings (SSSR count). The number of halogens is 1. The van der Waals surface area contributed by atoms with Crippen LogP contribution in [0.1, 0.15) is 11.3 Å². The molecule has 0 bridgehead atoms. The van der Waals surface area contributed by atoms with Crippen LogP contribution in [0.25, 0.3) is 15.5 Å². The highest BCUT2D eigenvalue weighted by atomic mass is 35.5. The first kappa shape index (κ1) is 24.8. The topological polar surface area (TPSA) is 97.1 Å². The van der Waals surface area contributed by atoms with E-state index in [-0.39, 0.29) is 16.2 Å². The summed E-state index contributed by atoms with van der Waals surface area (Å²) in [5, 5.41) is 5.51. The first-order valence-electron chi connectivity index (χ1n) is 11.3. The molecular weight excluding hydrogens is 522 g/mol. The predicted octanol–water partition coefficient (Wildman–Crippen LogP) is 3.29. The zero-order valence-corrected chi connectivity index (χ0v) is 22.1. The number of ether oxygens (including phenoxy) is 1. The first-order chi connectivity index (χ1) is 17.2. The smallest absolute Gasteiger partial charge is 0.275 e. The lowest BCUT2D eigenvalue weighted by Gasteiger charge is -2.33. The number of aromatic nitrogens is 3. The van der Waals surface area contributed by atoms with Crippen LogP contribution in [0.4, 0.5) is 0 Å². The number of sulfonamides is 1. The fourth-order valence-electron chi connectivity index (χ4n) is 4.18. The highest BCUT2D eigenvalue weighted by molar-refractivity contribution is 7.89. The van der Waals surface area contributed by atoms with Crippen LogP contribution < -0.4 is 10.3 Å². The van der Waals surface area contributed by atoms with Crippen molar-refractivity contribution < 1.29 is 13.2 Å². The van der Waals surface area contributed by atoms with Crippen LogP contribution in [0.3, 0.4) is 0 Å². The third kappa shape index (κ3) is 4.89. The van der Waals surface area contributed by atoms with Gasteiger partial charge in [-0.15, -0.1) is 0 Å². The van der Waals surface area contributed by atoms with E-state index < -0.39 is 10.0 Å². The molecule has 0 atom stereocenters. The summed E-state index contributed by atoms with van der Waals surface area (Å²) in [6.45, 7) is 4.06. The second kappa shape index (κ2) is 9.91. The van der Waals surface area contributed by atoms with Crippen LogP contribution in [0, 0.1) is 6.92 Å². The van der Waals surface area contributed by atoms with E-state index in [1.165, 1.54) is 39.4 Å². The third-order valence-electron chi connectivity index (χ3n) is 6.02. The lowest BCUT2D eigenvalue weighted by atomic mass is 10.1. The van der Waals surface area contributed by atoms with E-state index in [0.717, 1.165) is 16.1 Å². The molecule has 1 aliphatic heterocycles. The van der Waals surface area contributed by atoms with Crippen molar-refractivity contribution in [1.82, 2.24) is 23.8 Å². The lowest BCUT2D eigenvalue weighted by molar-refractivity contribution is 0.179. The Kier molecular flexibility index (Phi) is 6.84. The SMILES string of the molecule is COc1ccc(Cl)cc1S(=O)(=O)N1CCN(Cc2cc(=O)n3nc(-c4cccc(C)c4)sc3n2)CC1. The Morgan fingerprint density at radius 2 is 1.86 bits per heavy atom. The number of piperazine rings is 1. The largest absolute Gasteiger partial charge is 0.495 e. The molecule has 2 aromatic carbocycles. The predicted molar refractivity (Wildman–Crippen MR) is 139 cm³/mol. The average Bonchev–Trinajstić information content (AvgIpc) is 3.29. The summed E-state index contributed by atoms with van der Waals surface area (Å²) >= 11 is 7.41. The van der Waals surface area contributed by atoms with Crippen molar-refractivity contribution in [3.63, 3.8) is 0 Å². The Hall–Kier alpha value is -2.83. The number of benzene rings is 2. The van der Waals surface area contributed by atoms with Crippen LogP contribution in [0.2, 0.25) is 5.02 Å². The van der Waals surface area contributed by atoms with Crippen molar-refractivity contribution in [2.75, 3.05) is 33.3 Å². The van der Waals surface area contributed by atoms with Crippen molar-refractivity contribution in [1.29, 1.82) is 0 Å². The highest BCUT2D eigenvalue weighted by Gasteiger charge is 2.31. The van der Waals surface area contributed by atoms with Gasteiger partial charge in [-0.1, -0.05) is 46.7 Å². The van der Waals surface area contributed by atoms with E-state index >= 15 is 0 Å². The molecule has 3 heterocycles. The fourth-order valence-corrected chi connectivity index (χ4v) is 6.94. The van der Waals surface area contributed by atoms with Crippen LogP contribution in [0.5, 0.6) is 5.75 Å². The second-order valence-electron chi connectivity index (χ2n) is 8.53. The molecular formula is C24H24ClN5O4S2. The molecule has 0 radical (unpaired) electrons. The second-order valence-corrected chi connectivity index (χ2v) is 11.8. The van der Waals surface area contributed by atoms with E-state index in [9.17, 15) is 13.2 Å². The average molecular weight is 546 g/mol. The number of hydrogen-bond donors (Lipinski definition) is 0. The first-order valence-corrected chi connectivity index (χ1v) is 13.9. The molecule has 1 fully saturated rings. The van der Waals surface area contributed by atoms with E-state index in [1.807, 2.05) is 31.2 Å². The highest BCUT2D eigenvalue weighted by Crippen LogP contribution is 2.30. The standard InChI is InChI=1S/C24H24ClN5O4S2/c1-16-4-3-5-17(12-16)23-27-30-22(31)14-19(26-24(30)35-23)15-28-8-10-29(11-9-28)36(32,33)21-13-18(25)6-7-20(21)34-2/h3-7,12-14H,8-11,15H2,1-2H3. The Balaban J connectivity index is 1.31. The normalized spacial score (nSPS) is 15.4. The number of nitrogens with zero attached hydrogens (tertiary/aromatic N) is 5. The summed E-state index contributed by atoms with van der Waals surface area (Å²) in [7, 11) is -2.33. The third-order valence-corrected chi connectivity index (χ3v) is 9.14. The van der Waals surface area contributed by atoms with Crippen molar-refractivity contribution in [2.24, 2.45) is 0 Å². The number of aryl methyl sites for hydroxylation is 1. The number of hydrogen-bond acceptors (Lipinski definition) is 8. The van der Waals surface area contributed by atoms with Gasteiger partial charge in [0, 0.05) is 49.4 Å². The minimum atomic E-state index is -3.76. The van der Waals surface area contributed by atoms with Gasteiger partial charge >= 0.3 is 0 Å². The molecule has 188 valence electrons. The molecule has 0 unspecified atom stereocenters. The molecule has 0 aliphatic carbocycles. The molecule has 36 heavy (non-hydrogen) atoms. The summed E-state index contributed by atoms with van der Waals surface area (Å²) < 4.78 is 34.4. The molecule has 1 saturated heterocycles. The fraction of sp³-hybridized carbons (Fsp3) is 0.292.